The molecular formula is C15H22N2O. The van der Waals surface area contributed by atoms with Gasteiger partial charge < -0.3 is 10.1 Å². The van der Waals surface area contributed by atoms with E-state index in [4.69, 9.17) is 4.74 Å². The number of hydrogen-bond donors (Lipinski definition) is 1. The van der Waals surface area contributed by atoms with Crippen LogP contribution in [-0.4, -0.2) is 23.7 Å². The molecular weight excluding hydrogens is 224 g/mol. The summed E-state index contributed by atoms with van der Waals surface area (Å²) in [6.07, 6.45) is 7.45. The molecule has 3 nitrogen and oxygen atoms in total. The van der Waals surface area contributed by atoms with E-state index in [9.17, 15) is 0 Å². The Morgan fingerprint density at radius 1 is 1.50 bits per heavy atom. The van der Waals surface area contributed by atoms with Crippen molar-refractivity contribution in [1.82, 2.24) is 4.98 Å². The Hall–Kier alpha value is -1.09. The standard InChI is InChI=1S/C15H22N2O/c1-3-18-14-10-13(15(14)7-5-8-15)17-12-6-4-9-16-11(12)2/h4,6,9,13-14,17H,3,5,7-8,10H2,1-2H3. The van der Waals surface area contributed by atoms with Crippen molar-refractivity contribution < 1.29 is 4.74 Å². The smallest absolute Gasteiger partial charge is 0.0670 e. The summed E-state index contributed by atoms with van der Waals surface area (Å²) < 4.78 is 5.88. The summed E-state index contributed by atoms with van der Waals surface area (Å²) in [5.41, 5.74) is 2.69. The summed E-state index contributed by atoms with van der Waals surface area (Å²) in [4.78, 5) is 4.34. The van der Waals surface area contributed by atoms with Crippen molar-refractivity contribution in [3.63, 3.8) is 0 Å². The molecule has 1 N–H and O–H groups in total. The van der Waals surface area contributed by atoms with E-state index in [0.717, 1.165) is 18.7 Å². The van der Waals surface area contributed by atoms with E-state index in [1.54, 1.807) is 0 Å². The molecule has 1 spiro atoms. The van der Waals surface area contributed by atoms with Crippen LogP contribution in [0.4, 0.5) is 5.69 Å². The summed E-state index contributed by atoms with van der Waals surface area (Å²) >= 11 is 0. The normalized spacial score (nSPS) is 28.6. The van der Waals surface area contributed by atoms with Gasteiger partial charge >= 0.3 is 0 Å². The lowest BCUT2D eigenvalue weighted by atomic mass is 9.51. The first-order valence-electron chi connectivity index (χ1n) is 7.06. The molecule has 1 heterocycles. The van der Waals surface area contributed by atoms with Gasteiger partial charge in [-0.15, -0.1) is 0 Å². The zero-order chi connectivity index (χ0) is 12.6. The Kier molecular flexibility index (Phi) is 3.02. The number of aromatic nitrogens is 1. The molecule has 3 heteroatoms. The maximum atomic E-state index is 5.88. The predicted octanol–water partition coefficient (Wildman–Crippen LogP) is 3.15. The number of anilines is 1. The van der Waals surface area contributed by atoms with Crippen molar-refractivity contribution >= 4 is 5.69 Å². The molecule has 1 aromatic heterocycles. The van der Waals surface area contributed by atoms with Gasteiger partial charge in [0.15, 0.2) is 0 Å². The molecule has 2 aliphatic carbocycles. The van der Waals surface area contributed by atoms with Gasteiger partial charge in [0.05, 0.1) is 17.5 Å². The summed E-state index contributed by atoms with van der Waals surface area (Å²) in [6.45, 7) is 5.00. The van der Waals surface area contributed by atoms with Crippen LogP contribution in [0.2, 0.25) is 0 Å². The summed E-state index contributed by atoms with van der Waals surface area (Å²) in [5.74, 6) is 0. The van der Waals surface area contributed by atoms with Gasteiger partial charge in [-0.05, 0) is 45.2 Å². The van der Waals surface area contributed by atoms with E-state index < -0.39 is 0 Å². The lowest BCUT2D eigenvalue weighted by molar-refractivity contribution is -0.157. The maximum Gasteiger partial charge on any atom is 0.0670 e. The Labute approximate surface area is 109 Å². The first-order chi connectivity index (χ1) is 8.76. The average Bonchev–Trinajstić information content (AvgIpc) is 2.28. The van der Waals surface area contributed by atoms with E-state index in [1.807, 2.05) is 12.3 Å². The van der Waals surface area contributed by atoms with Crippen LogP contribution in [0.1, 0.15) is 38.3 Å². The lowest BCUT2D eigenvalue weighted by Crippen LogP contribution is -2.64. The molecule has 1 aromatic rings. The third-order valence-corrected chi connectivity index (χ3v) is 4.77. The van der Waals surface area contributed by atoms with Crippen LogP contribution >= 0.6 is 0 Å². The first kappa shape index (κ1) is 12.0. The van der Waals surface area contributed by atoms with Gasteiger partial charge in [-0.2, -0.15) is 0 Å². The van der Waals surface area contributed by atoms with Crippen molar-refractivity contribution in [1.29, 1.82) is 0 Å². The van der Waals surface area contributed by atoms with E-state index in [1.165, 1.54) is 24.9 Å². The third-order valence-electron chi connectivity index (χ3n) is 4.77. The largest absolute Gasteiger partial charge is 0.380 e. The zero-order valence-corrected chi connectivity index (χ0v) is 11.3. The van der Waals surface area contributed by atoms with Crippen LogP contribution in [0.25, 0.3) is 0 Å². The number of aryl methyl sites for hydroxylation is 1. The SMILES string of the molecule is CCOC1CC(Nc2cccnc2C)C12CCC2. The highest BCUT2D eigenvalue weighted by Gasteiger charge is 2.58. The van der Waals surface area contributed by atoms with Gasteiger partial charge in [0, 0.05) is 24.3 Å². The fourth-order valence-corrected chi connectivity index (χ4v) is 3.47. The van der Waals surface area contributed by atoms with Crippen molar-refractivity contribution in [2.75, 3.05) is 11.9 Å². The minimum Gasteiger partial charge on any atom is -0.380 e. The monoisotopic (exact) mass is 246 g/mol. The number of nitrogens with one attached hydrogen (secondary N) is 1. The fraction of sp³-hybridized carbons (Fsp3) is 0.667. The second kappa shape index (κ2) is 4.54. The van der Waals surface area contributed by atoms with Crippen molar-refractivity contribution in [2.24, 2.45) is 5.41 Å². The number of nitrogens with zero attached hydrogens (tertiary/aromatic N) is 1. The number of pyridine rings is 1. The third kappa shape index (κ3) is 1.72. The van der Waals surface area contributed by atoms with Gasteiger partial charge in [-0.1, -0.05) is 6.42 Å². The maximum absolute atomic E-state index is 5.88. The minimum absolute atomic E-state index is 0.415. The Morgan fingerprint density at radius 2 is 2.33 bits per heavy atom. The highest BCUT2D eigenvalue weighted by molar-refractivity contribution is 5.49. The predicted molar refractivity (Wildman–Crippen MR) is 72.7 cm³/mol. The quantitative estimate of drug-likeness (QED) is 0.886. The van der Waals surface area contributed by atoms with Crippen molar-refractivity contribution in [3.05, 3.63) is 24.0 Å². The molecule has 0 bridgehead atoms. The van der Waals surface area contributed by atoms with Crippen LogP contribution < -0.4 is 5.32 Å². The van der Waals surface area contributed by atoms with Gasteiger partial charge in [0.1, 0.15) is 0 Å². The molecule has 2 fully saturated rings. The van der Waals surface area contributed by atoms with Gasteiger partial charge in [-0.25, -0.2) is 0 Å². The fourth-order valence-electron chi connectivity index (χ4n) is 3.47. The molecule has 18 heavy (non-hydrogen) atoms. The molecule has 0 aromatic carbocycles. The molecule has 0 aliphatic heterocycles. The molecule has 2 atom stereocenters. The van der Waals surface area contributed by atoms with Crippen molar-refractivity contribution in [2.45, 2.75) is 51.7 Å². The van der Waals surface area contributed by atoms with Gasteiger partial charge in [-0.3, -0.25) is 4.98 Å². The molecule has 0 saturated heterocycles. The van der Waals surface area contributed by atoms with Crippen LogP contribution in [0.3, 0.4) is 0 Å². The second-order valence-corrected chi connectivity index (χ2v) is 5.60. The van der Waals surface area contributed by atoms with Crippen LogP contribution in [0.15, 0.2) is 18.3 Å². The highest BCUT2D eigenvalue weighted by atomic mass is 16.5. The number of ether oxygens (including phenoxy) is 1. The Balaban J connectivity index is 1.70. The first-order valence-corrected chi connectivity index (χ1v) is 7.06. The molecule has 2 unspecified atom stereocenters. The van der Waals surface area contributed by atoms with Gasteiger partial charge in [0.25, 0.3) is 0 Å². The molecule has 98 valence electrons. The van der Waals surface area contributed by atoms with Crippen LogP contribution in [-0.2, 0) is 4.74 Å². The lowest BCUT2D eigenvalue weighted by Gasteiger charge is -2.61. The second-order valence-electron chi connectivity index (χ2n) is 5.60. The minimum atomic E-state index is 0.415. The van der Waals surface area contributed by atoms with Gasteiger partial charge in [0.2, 0.25) is 0 Å². The Bertz CT molecular complexity index is 428. The molecule has 0 radical (unpaired) electrons. The summed E-state index contributed by atoms with van der Waals surface area (Å²) in [6, 6.07) is 4.70. The highest BCUT2D eigenvalue weighted by Crippen LogP contribution is 2.58. The Morgan fingerprint density at radius 3 is 2.94 bits per heavy atom. The average molecular weight is 246 g/mol. The molecule has 2 aliphatic rings. The molecule has 2 saturated carbocycles. The molecule has 0 amide bonds. The van der Waals surface area contributed by atoms with Crippen LogP contribution in [0, 0.1) is 12.3 Å². The van der Waals surface area contributed by atoms with E-state index in [-0.39, 0.29) is 0 Å². The summed E-state index contributed by atoms with van der Waals surface area (Å²) in [7, 11) is 0. The zero-order valence-electron chi connectivity index (χ0n) is 11.3. The topological polar surface area (TPSA) is 34.1 Å². The van der Waals surface area contributed by atoms with Crippen molar-refractivity contribution in [3.8, 4) is 0 Å². The number of hydrogen-bond acceptors (Lipinski definition) is 3. The van der Waals surface area contributed by atoms with Crippen LogP contribution in [0.5, 0.6) is 0 Å². The van der Waals surface area contributed by atoms with E-state index in [0.29, 0.717) is 17.6 Å². The van der Waals surface area contributed by atoms with E-state index >= 15 is 0 Å². The summed E-state index contributed by atoms with van der Waals surface area (Å²) in [5, 5.41) is 3.69. The number of rotatable bonds is 4. The molecule has 3 rings (SSSR count). The van der Waals surface area contributed by atoms with E-state index in [2.05, 4.69) is 30.2 Å².